The molecule has 0 radical (unpaired) electrons. The Morgan fingerprint density at radius 2 is 1.75 bits per heavy atom. The number of halogens is 1. The summed E-state index contributed by atoms with van der Waals surface area (Å²) >= 11 is 3.52. The highest BCUT2D eigenvalue weighted by Crippen LogP contribution is 2.31. The summed E-state index contributed by atoms with van der Waals surface area (Å²) in [5.41, 5.74) is 6.10. The molecule has 3 aromatic carbocycles. The first kappa shape index (κ1) is 20.3. The number of amides is 1. The number of furan rings is 1. The molecule has 6 heteroatoms. The lowest BCUT2D eigenvalue weighted by molar-refractivity contribution is 0.0997. The van der Waals surface area contributed by atoms with Gasteiger partial charge in [-0.05, 0) is 89.4 Å². The van der Waals surface area contributed by atoms with Gasteiger partial charge in [-0.2, -0.15) is 0 Å². The zero-order valence-corrected chi connectivity index (χ0v) is 19.1. The van der Waals surface area contributed by atoms with Crippen LogP contribution in [0.15, 0.2) is 86.1 Å². The molecule has 0 aliphatic rings. The fourth-order valence-corrected chi connectivity index (χ4v) is 3.91. The monoisotopic (exact) mass is 486 g/mol. The quantitative estimate of drug-likeness (QED) is 0.287. The van der Waals surface area contributed by atoms with Gasteiger partial charge in [-0.3, -0.25) is 4.79 Å². The molecule has 0 saturated carbocycles. The van der Waals surface area contributed by atoms with Crippen LogP contribution in [0.1, 0.15) is 21.7 Å². The lowest BCUT2D eigenvalue weighted by Crippen LogP contribution is -2.10. The molecule has 2 heterocycles. The molecule has 1 N–H and O–H groups in total. The number of nitrogens with one attached hydrogen (secondary N) is 1. The van der Waals surface area contributed by atoms with Crippen LogP contribution in [0.25, 0.3) is 33.9 Å². The number of oxazole rings is 1. The van der Waals surface area contributed by atoms with Crippen LogP contribution in [0.3, 0.4) is 0 Å². The average molecular weight is 487 g/mol. The molecule has 0 fully saturated rings. The highest BCUT2D eigenvalue weighted by atomic mass is 79.9. The minimum atomic E-state index is -0.325. The van der Waals surface area contributed by atoms with Crippen LogP contribution < -0.4 is 5.32 Å². The summed E-state index contributed by atoms with van der Waals surface area (Å²) in [5.74, 6) is 1.09. The van der Waals surface area contributed by atoms with E-state index in [9.17, 15) is 4.79 Å². The molecule has 0 unspecified atom stereocenters. The Morgan fingerprint density at radius 3 is 2.56 bits per heavy atom. The van der Waals surface area contributed by atoms with Crippen LogP contribution in [-0.2, 0) is 0 Å². The van der Waals surface area contributed by atoms with Crippen molar-refractivity contribution in [2.75, 3.05) is 5.32 Å². The van der Waals surface area contributed by atoms with Gasteiger partial charge >= 0.3 is 0 Å². The van der Waals surface area contributed by atoms with E-state index in [1.54, 1.807) is 24.3 Å². The maximum Gasteiger partial charge on any atom is 0.291 e. The molecule has 2 aromatic heterocycles. The van der Waals surface area contributed by atoms with Gasteiger partial charge < -0.3 is 14.2 Å². The lowest BCUT2D eigenvalue weighted by atomic mass is 10.1. The van der Waals surface area contributed by atoms with E-state index < -0.39 is 0 Å². The molecule has 158 valence electrons. The molecule has 5 aromatic rings. The molecule has 32 heavy (non-hydrogen) atoms. The number of rotatable bonds is 4. The van der Waals surface area contributed by atoms with E-state index >= 15 is 0 Å². The second-order valence-electron chi connectivity index (χ2n) is 7.60. The number of nitrogens with zero attached hydrogens (tertiary/aromatic N) is 1. The van der Waals surface area contributed by atoms with Gasteiger partial charge in [-0.1, -0.05) is 24.3 Å². The van der Waals surface area contributed by atoms with Gasteiger partial charge in [0, 0.05) is 15.7 Å². The van der Waals surface area contributed by atoms with Crippen molar-refractivity contribution < 1.29 is 13.6 Å². The predicted molar refractivity (Wildman–Crippen MR) is 129 cm³/mol. The second-order valence-corrected chi connectivity index (χ2v) is 8.45. The second kappa shape index (κ2) is 8.13. The van der Waals surface area contributed by atoms with Crippen molar-refractivity contribution in [2.24, 2.45) is 0 Å². The fraction of sp³-hybridized carbons (Fsp3) is 0.0769. The highest BCUT2D eigenvalue weighted by Gasteiger charge is 2.15. The lowest BCUT2D eigenvalue weighted by Gasteiger charge is -2.04. The SMILES string of the molecule is Cc1ccc(-c2ccc(C(=O)Nc3ccc4oc(-c5ccccc5Br)nc4c3)o2)cc1C. The van der Waals surface area contributed by atoms with E-state index in [4.69, 9.17) is 8.83 Å². The number of aromatic nitrogens is 1. The van der Waals surface area contributed by atoms with Crippen molar-refractivity contribution in [3.63, 3.8) is 0 Å². The molecular formula is C26H19BrN2O3. The van der Waals surface area contributed by atoms with Crippen LogP contribution in [0.4, 0.5) is 5.69 Å². The van der Waals surface area contributed by atoms with Gasteiger partial charge in [0.15, 0.2) is 11.3 Å². The van der Waals surface area contributed by atoms with Crippen LogP contribution in [-0.4, -0.2) is 10.9 Å². The van der Waals surface area contributed by atoms with E-state index in [0.29, 0.717) is 28.4 Å². The zero-order valence-electron chi connectivity index (χ0n) is 17.5. The Labute approximate surface area is 193 Å². The van der Waals surface area contributed by atoms with Gasteiger partial charge in [0.2, 0.25) is 5.89 Å². The highest BCUT2D eigenvalue weighted by molar-refractivity contribution is 9.10. The summed E-state index contributed by atoms with van der Waals surface area (Å²) < 4.78 is 12.6. The van der Waals surface area contributed by atoms with Crippen molar-refractivity contribution in [1.82, 2.24) is 4.98 Å². The summed E-state index contributed by atoms with van der Waals surface area (Å²) in [5, 5.41) is 2.87. The van der Waals surface area contributed by atoms with E-state index in [1.807, 2.05) is 42.5 Å². The number of aryl methyl sites for hydroxylation is 2. The van der Waals surface area contributed by atoms with Crippen molar-refractivity contribution in [1.29, 1.82) is 0 Å². The molecule has 0 spiro atoms. The number of benzene rings is 3. The minimum Gasteiger partial charge on any atom is -0.451 e. The summed E-state index contributed by atoms with van der Waals surface area (Å²) in [4.78, 5) is 17.3. The van der Waals surface area contributed by atoms with Crippen molar-refractivity contribution >= 4 is 38.6 Å². The van der Waals surface area contributed by atoms with Crippen molar-refractivity contribution in [2.45, 2.75) is 13.8 Å². The Bertz CT molecular complexity index is 1470. The molecule has 0 aliphatic carbocycles. The van der Waals surface area contributed by atoms with Gasteiger partial charge in [-0.15, -0.1) is 0 Å². The molecule has 0 aliphatic heterocycles. The summed E-state index contributed by atoms with van der Waals surface area (Å²) in [6.07, 6.45) is 0. The largest absolute Gasteiger partial charge is 0.451 e. The molecular weight excluding hydrogens is 468 g/mol. The van der Waals surface area contributed by atoms with Crippen LogP contribution in [0, 0.1) is 13.8 Å². The minimum absolute atomic E-state index is 0.243. The number of carbonyl (C=O) groups is 1. The van der Waals surface area contributed by atoms with Crippen molar-refractivity contribution in [3.05, 3.63) is 94.2 Å². The first-order valence-electron chi connectivity index (χ1n) is 10.1. The number of anilines is 1. The van der Waals surface area contributed by atoms with Crippen LogP contribution in [0.5, 0.6) is 0 Å². The van der Waals surface area contributed by atoms with E-state index in [2.05, 4.69) is 46.1 Å². The topological polar surface area (TPSA) is 68.3 Å². The number of carbonyl (C=O) groups excluding carboxylic acids is 1. The smallest absolute Gasteiger partial charge is 0.291 e. The molecule has 5 nitrogen and oxygen atoms in total. The fourth-order valence-electron chi connectivity index (χ4n) is 3.46. The first-order chi connectivity index (χ1) is 15.5. The molecule has 1 amide bonds. The maximum absolute atomic E-state index is 12.7. The molecule has 0 saturated heterocycles. The molecule has 0 bridgehead atoms. The van der Waals surface area contributed by atoms with Gasteiger partial charge in [0.1, 0.15) is 11.3 Å². The Balaban J connectivity index is 1.37. The summed E-state index contributed by atoms with van der Waals surface area (Å²) in [6, 6.07) is 22.7. The summed E-state index contributed by atoms with van der Waals surface area (Å²) in [7, 11) is 0. The van der Waals surface area contributed by atoms with E-state index in [-0.39, 0.29) is 11.7 Å². The predicted octanol–water partition coefficient (Wildman–Crippen LogP) is 7.39. The van der Waals surface area contributed by atoms with Gasteiger partial charge in [0.25, 0.3) is 5.91 Å². The first-order valence-corrected chi connectivity index (χ1v) is 10.9. The van der Waals surface area contributed by atoms with Gasteiger partial charge in [0.05, 0.1) is 5.56 Å². The Morgan fingerprint density at radius 1 is 0.906 bits per heavy atom. The Hall–Kier alpha value is -3.64. The summed E-state index contributed by atoms with van der Waals surface area (Å²) in [6.45, 7) is 4.12. The average Bonchev–Trinajstić information content (AvgIpc) is 3.43. The van der Waals surface area contributed by atoms with Crippen LogP contribution >= 0.6 is 15.9 Å². The van der Waals surface area contributed by atoms with Gasteiger partial charge in [-0.25, -0.2) is 4.98 Å². The number of fused-ring (bicyclic) bond motifs is 1. The number of hydrogen-bond donors (Lipinski definition) is 1. The third kappa shape index (κ3) is 3.85. The Kier molecular flexibility index (Phi) is 5.15. The molecule has 0 atom stereocenters. The van der Waals surface area contributed by atoms with E-state index in [0.717, 1.165) is 15.6 Å². The maximum atomic E-state index is 12.7. The third-order valence-corrected chi connectivity index (χ3v) is 6.06. The normalized spacial score (nSPS) is 11.1. The molecule has 5 rings (SSSR count). The third-order valence-electron chi connectivity index (χ3n) is 5.37. The van der Waals surface area contributed by atoms with Crippen LogP contribution in [0.2, 0.25) is 0 Å². The number of hydrogen-bond acceptors (Lipinski definition) is 4. The van der Waals surface area contributed by atoms with E-state index in [1.165, 1.54) is 11.1 Å². The zero-order chi connectivity index (χ0) is 22.2. The standard InChI is InChI=1S/C26H19BrN2O3/c1-15-7-8-17(13-16(15)2)22-11-12-24(31-22)25(30)28-18-9-10-23-21(14-18)29-26(32-23)19-5-3-4-6-20(19)27/h3-14H,1-2H3,(H,28,30). The van der Waals surface area contributed by atoms with Crippen molar-refractivity contribution in [3.8, 4) is 22.8 Å².